The first-order chi connectivity index (χ1) is 16.0. The highest BCUT2D eigenvalue weighted by molar-refractivity contribution is 5.76. The van der Waals surface area contributed by atoms with Crippen molar-refractivity contribution >= 4 is 5.91 Å². The van der Waals surface area contributed by atoms with Crippen LogP contribution in [-0.2, 0) is 20.8 Å². The van der Waals surface area contributed by atoms with Crippen molar-refractivity contribution in [2.75, 3.05) is 59.8 Å². The van der Waals surface area contributed by atoms with E-state index in [0.717, 1.165) is 56.1 Å². The molecule has 4 atom stereocenters. The second kappa shape index (κ2) is 10.1. The predicted molar refractivity (Wildman–Crippen MR) is 120 cm³/mol. The van der Waals surface area contributed by atoms with Gasteiger partial charge in [0.15, 0.2) is 11.5 Å². The minimum absolute atomic E-state index is 0.0845. The van der Waals surface area contributed by atoms with E-state index in [9.17, 15) is 9.90 Å². The fourth-order valence-electron chi connectivity index (χ4n) is 5.28. The van der Waals surface area contributed by atoms with Crippen molar-refractivity contribution in [1.82, 2.24) is 14.7 Å². The van der Waals surface area contributed by atoms with Gasteiger partial charge in [0.1, 0.15) is 0 Å². The van der Waals surface area contributed by atoms with Gasteiger partial charge in [-0.05, 0) is 37.6 Å². The summed E-state index contributed by atoms with van der Waals surface area (Å²) in [6, 6.07) is 6.13. The summed E-state index contributed by atoms with van der Waals surface area (Å²) in [6.45, 7) is 5.60. The zero-order valence-electron chi connectivity index (χ0n) is 19.4. The van der Waals surface area contributed by atoms with Crippen LogP contribution in [-0.4, -0.2) is 110 Å². The third-order valence-corrected chi connectivity index (χ3v) is 7.17. The number of nitrogens with zero attached hydrogens (tertiary/aromatic N) is 3. The highest BCUT2D eigenvalue weighted by Gasteiger charge is 2.38. The Labute approximate surface area is 195 Å². The molecular formula is C24H35N3O6. The van der Waals surface area contributed by atoms with Crippen LogP contribution in [0.1, 0.15) is 24.8 Å². The number of β-amino-alcohol motifs (C(OH)–C–C–N with tert-alkyl or cyclic N) is 1. The van der Waals surface area contributed by atoms with Gasteiger partial charge in [0.05, 0.1) is 37.9 Å². The smallest absolute Gasteiger partial charge is 0.231 e. The number of aliphatic hydroxyl groups is 1. The molecule has 0 bridgehead atoms. The highest BCUT2D eigenvalue weighted by Crippen LogP contribution is 2.34. The van der Waals surface area contributed by atoms with Gasteiger partial charge in [0.2, 0.25) is 12.7 Å². The fraction of sp³-hybridized carbons (Fsp3) is 0.708. The lowest BCUT2D eigenvalue weighted by molar-refractivity contribution is -0.161. The summed E-state index contributed by atoms with van der Waals surface area (Å²) in [4.78, 5) is 19.3. The first-order valence-electron chi connectivity index (χ1n) is 12.1. The number of piperazine rings is 1. The van der Waals surface area contributed by atoms with E-state index in [1.54, 1.807) is 0 Å². The average molecular weight is 462 g/mol. The Morgan fingerprint density at radius 3 is 2.76 bits per heavy atom. The van der Waals surface area contributed by atoms with Crippen molar-refractivity contribution in [3.05, 3.63) is 23.8 Å². The molecule has 1 amide bonds. The number of rotatable bonds is 4. The Hall–Kier alpha value is -1.91. The number of hydrogen-bond donors (Lipinski definition) is 1. The van der Waals surface area contributed by atoms with E-state index < -0.39 is 6.10 Å². The Bertz CT molecular complexity index is 830. The van der Waals surface area contributed by atoms with Crippen molar-refractivity contribution in [2.24, 2.45) is 0 Å². The fourth-order valence-corrected chi connectivity index (χ4v) is 5.28. The van der Waals surface area contributed by atoms with E-state index in [2.05, 4.69) is 16.8 Å². The molecule has 0 aliphatic carbocycles. The van der Waals surface area contributed by atoms with Crippen molar-refractivity contribution in [3.8, 4) is 11.5 Å². The third kappa shape index (κ3) is 5.44. The van der Waals surface area contributed by atoms with Gasteiger partial charge in [-0.3, -0.25) is 9.69 Å². The average Bonchev–Trinajstić information content (AvgIpc) is 3.26. The monoisotopic (exact) mass is 461 g/mol. The summed E-state index contributed by atoms with van der Waals surface area (Å²) in [7, 11) is 2.09. The van der Waals surface area contributed by atoms with Crippen molar-refractivity contribution in [2.45, 2.75) is 50.2 Å². The van der Waals surface area contributed by atoms with E-state index in [0.29, 0.717) is 26.1 Å². The maximum atomic E-state index is 12.8. The molecule has 1 aromatic rings. The molecule has 0 radical (unpaired) electrons. The number of likely N-dealkylation sites (N-methyl/N-ethyl adjacent to an activating group) is 1. The first-order valence-corrected chi connectivity index (χ1v) is 12.1. The second-order valence-corrected chi connectivity index (χ2v) is 9.64. The number of carbonyl (C=O) groups excluding carboxylic acids is 1. The van der Waals surface area contributed by atoms with Gasteiger partial charge >= 0.3 is 0 Å². The zero-order chi connectivity index (χ0) is 22.8. The van der Waals surface area contributed by atoms with Crippen LogP contribution in [0.3, 0.4) is 0 Å². The second-order valence-electron chi connectivity index (χ2n) is 9.64. The Balaban J connectivity index is 1.23. The number of fused-ring (bicyclic) bond motifs is 2. The topological polar surface area (TPSA) is 83.9 Å². The SMILES string of the molecule is CN1CCN(C(=O)C[C@@H]2CC[C@@H]3[C@H](COC[C@@H](O)CN3Cc3ccc4c(c3)OCO4)O2)CC1. The molecule has 0 unspecified atom stereocenters. The number of amides is 1. The molecule has 0 aromatic heterocycles. The van der Waals surface area contributed by atoms with Crippen LogP contribution in [0.2, 0.25) is 0 Å². The summed E-state index contributed by atoms with van der Waals surface area (Å²) in [5, 5.41) is 10.4. The van der Waals surface area contributed by atoms with Gasteiger partial charge in [-0.1, -0.05) is 6.07 Å². The molecule has 4 aliphatic rings. The van der Waals surface area contributed by atoms with Crippen LogP contribution in [0.4, 0.5) is 0 Å². The number of aliphatic hydroxyl groups excluding tert-OH is 1. The Kier molecular flexibility index (Phi) is 7.03. The Morgan fingerprint density at radius 2 is 1.91 bits per heavy atom. The molecule has 182 valence electrons. The first kappa shape index (κ1) is 22.9. The molecule has 9 nitrogen and oxygen atoms in total. The predicted octanol–water partition coefficient (Wildman–Crippen LogP) is 0.689. The lowest BCUT2D eigenvalue weighted by Crippen LogP contribution is -2.55. The van der Waals surface area contributed by atoms with Gasteiger partial charge in [-0.25, -0.2) is 0 Å². The van der Waals surface area contributed by atoms with Crippen LogP contribution in [0.5, 0.6) is 11.5 Å². The van der Waals surface area contributed by atoms with Crippen molar-refractivity contribution in [3.63, 3.8) is 0 Å². The van der Waals surface area contributed by atoms with Crippen molar-refractivity contribution < 1.29 is 28.8 Å². The number of hydrogen-bond acceptors (Lipinski definition) is 8. The largest absolute Gasteiger partial charge is 0.454 e. The van der Waals surface area contributed by atoms with E-state index in [-0.39, 0.29) is 37.6 Å². The molecule has 4 aliphatic heterocycles. The minimum Gasteiger partial charge on any atom is -0.454 e. The Morgan fingerprint density at radius 1 is 1.09 bits per heavy atom. The quantitative estimate of drug-likeness (QED) is 0.701. The number of carbonyl (C=O) groups is 1. The van der Waals surface area contributed by atoms with E-state index >= 15 is 0 Å². The maximum absolute atomic E-state index is 12.8. The molecule has 5 rings (SSSR count). The molecule has 33 heavy (non-hydrogen) atoms. The summed E-state index contributed by atoms with van der Waals surface area (Å²) in [5.41, 5.74) is 1.11. The molecule has 1 N–H and O–H groups in total. The summed E-state index contributed by atoms with van der Waals surface area (Å²) >= 11 is 0. The van der Waals surface area contributed by atoms with Gasteiger partial charge in [0.25, 0.3) is 0 Å². The minimum atomic E-state index is -0.545. The van der Waals surface area contributed by atoms with Crippen LogP contribution in [0, 0.1) is 0 Å². The summed E-state index contributed by atoms with van der Waals surface area (Å²) in [6.07, 6.45) is 1.42. The molecule has 0 spiro atoms. The number of ether oxygens (including phenoxy) is 4. The lowest BCUT2D eigenvalue weighted by Gasteiger charge is -2.45. The van der Waals surface area contributed by atoms with Gasteiger partial charge in [0, 0.05) is 45.3 Å². The van der Waals surface area contributed by atoms with Gasteiger partial charge in [-0.2, -0.15) is 0 Å². The maximum Gasteiger partial charge on any atom is 0.231 e. The summed E-state index contributed by atoms with van der Waals surface area (Å²) < 4.78 is 23.2. The molecule has 3 fully saturated rings. The highest BCUT2D eigenvalue weighted by atomic mass is 16.7. The molecule has 3 saturated heterocycles. The van der Waals surface area contributed by atoms with Gasteiger partial charge in [-0.15, -0.1) is 0 Å². The molecule has 0 saturated carbocycles. The van der Waals surface area contributed by atoms with E-state index in [4.69, 9.17) is 18.9 Å². The zero-order valence-corrected chi connectivity index (χ0v) is 19.4. The van der Waals surface area contributed by atoms with Crippen LogP contribution >= 0.6 is 0 Å². The van der Waals surface area contributed by atoms with Gasteiger partial charge < -0.3 is 33.9 Å². The van der Waals surface area contributed by atoms with E-state index in [1.165, 1.54) is 0 Å². The molecule has 4 heterocycles. The standard InChI is InChI=1S/C24H35N3O6/c1-25-6-8-26(9-7-25)24(29)11-19-3-4-20-23(33-19)15-30-14-18(28)13-27(20)12-17-2-5-21-22(10-17)32-16-31-21/h2,5,10,18-20,23,28H,3-4,6-9,11-16H2,1H3/t18-,19-,20+,23-/m0/s1. The molecule has 1 aromatic carbocycles. The van der Waals surface area contributed by atoms with E-state index in [1.807, 2.05) is 23.1 Å². The third-order valence-electron chi connectivity index (χ3n) is 7.17. The normalized spacial score (nSPS) is 31.0. The van der Waals surface area contributed by atoms with Crippen molar-refractivity contribution in [1.29, 1.82) is 0 Å². The van der Waals surface area contributed by atoms with Crippen LogP contribution < -0.4 is 9.47 Å². The summed E-state index contributed by atoms with van der Waals surface area (Å²) in [5.74, 6) is 1.72. The molecular weight excluding hydrogens is 426 g/mol. The lowest BCUT2D eigenvalue weighted by atomic mass is 9.94. The number of benzene rings is 1. The molecule has 9 heteroatoms. The van der Waals surface area contributed by atoms with Crippen LogP contribution in [0.15, 0.2) is 18.2 Å². The van der Waals surface area contributed by atoms with Crippen LogP contribution in [0.25, 0.3) is 0 Å².